The van der Waals surface area contributed by atoms with Crippen LogP contribution < -0.4 is 14.2 Å². The summed E-state index contributed by atoms with van der Waals surface area (Å²) >= 11 is 0. The van der Waals surface area contributed by atoms with Gasteiger partial charge < -0.3 is 19.1 Å². The lowest BCUT2D eigenvalue weighted by Gasteiger charge is -2.38. The number of carbonyl (C=O) groups excluding carboxylic acids is 1. The molecule has 31 heavy (non-hydrogen) atoms. The van der Waals surface area contributed by atoms with Crippen LogP contribution in [0.4, 0.5) is 0 Å². The fourth-order valence-corrected chi connectivity index (χ4v) is 4.07. The van der Waals surface area contributed by atoms with E-state index in [1.807, 2.05) is 66.4 Å². The number of ether oxygens (including phenoxy) is 3. The smallest absolute Gasteiger partial charge is 0.261 e. The first-order valence-electron chi connectivity index (χ1n) is 10.4. The van der Waals surface area contributed by atoms with Crippen molar-refractivity contribution in [1.29, 1.82) is 0 Å². The number of rotatable bonds is 6. The second-order valence-corrected chi connectivity index (χ2v) is 7.66. The fourth-order valence-electron chi connectivity index (χ4n) is 4.07. The Morgan fingerprint density at radius 1 is 0.968 bits per heavy atom. The van der Waals surface area contributed by atoms with Crippen LogP contribution in [-0.4, -0.2) is 38.2 Å². The molecule has 0 aromatic heterocycles. The first kappa shape index (κ1) is 20.8. The maximum absolute atomic E-state index is 13.3. The van der Waals surface area contributed by atoms with Gasteiger partial charge >= 0.3 is 0 Å². The van der Waals surface area contributed by atoms with Gasteiger partial charge in [0.1, 0.15) is 5.75 Å². The van der Waals surface area contributed by atoms with Crippen molar-refractivity contribution in [2.24, 2.45) is 0 Å². The molecule has 0 saturated carbocycles. The highest BCUT2D eigenvalue weighted by atomic mass is 16.5. The lowest BCUT2D eigenvalue weighted by Crippen LogP contribution is -2.43. The molecule has 0 spiro atoms. The number of carbonyl (C=O) groups is 1. The second-order valence-electron chi connectivity index (χ2n) is 7.66. The zero-order chi connectivity index (χ0) is 21.8. The number of methoxy groups -OCH3 is 2. The van der Waals surface area contributed by atoms with Gasteiger partial charge in [-0.1, -0.05) is 48.0 Å². The third kappa shape index (κ3) is 4.36. The lowest BCUT2D eigenvalue weighted by molar-refractivity contribution is -0.135. The van der Waals surface area contributed by atoms with Gasteiger partial charge in [-0.15, -0.1) is 0 Å². The Labute approximate surface area is 183 Å². The maximum Gasteiger partial charge on any atom is 0.261 e. The van der Waals surface area contributed by atoms with Crippen molar-refractivity contribution in [2.45, 2.75) is 19.4 Å². The highest BCUT2D eigenvalue weighted by molar-refractivity contribution is 5.79. The maximum atomic E-state index is 13.3. The van der Waals surface area contributed by atoms with E-state index < -0.39 is 0 Å². The molecular weight excluding hydrogens is 390 g/mol. The van der Waals surface area contributed by atoms with Gasteiger partial charge in [0.15, 0.2) is 18.1 Å². The predicted octanol–water partition coefficient (Wildman–Crippen LogP) is 4.57. The van der Waals surface area contributed by atoms with Crippen LogP contribution in [0.15, 0.2) is 66.7 Å². The van der Waals surface area contributed by atoms with E-state index in [-0.39, 0.29) is 18.6 Å². The molecule has 0 N–H and O–H groups in total. The summed E-state index contributed by atoms with van der Waals surface area (Å²) in [4.78, 5) is 15.2. The van der Waals surface area contributed by atoms with E-state index in [0.29, 0.717) is 23.8 Å². The molecule has 160 valence electrons. The van der Waals surface area contributed by atoms with Crippen LogP contribution >= 0.6 is 0 Å². The number of fused-ring (bicyclic) bond motifs is 1. The van der Waals surface area contributed by atoms with Crippen LogP contribution in [0.3, 0.4) is 0 Å². The molecule has 5 nitrogen and oxygen atoms in total. The van der Waals surface area contributed by atoms with Gasteiger partial charge in [0, 0.05) is 6.54 Å². The average molecular weight is 418 g/mol. The van der Waals surface area contributed by atoms with Gasteiger partial charge in [-0.05, 0) is 54.3 Å². The van der Waals surface area contributed by atoms with E-state index in [1.54, 1.807) is 14.2 Å². The molecule has 5 heteroatoms. The Kier molecular flexibility index (Phi) is 6.12. The summed E-state index contributed by atoms with van der Waals surface area (Å²) in [6.07, 6.45) is 0.745. The second kappa shape index (κ2) is 9.13. The highest BCUT2D eigenvalue weighted by Gasteiger charge is 2.33. The first-order valence-corrected chi connectivity index (χ1v) is 10.4. The highest BCUT2D eigenvalue weighted by Crippen LogP contribution is 2.41. The summed E-state index contributed by atoms with van der Waals surface area (Å²) in [5.74, 6) is 2.01. The molecule has 0 bridgehead atoms. The summed E-state index contributed by atoms with van der Waals surface area (Å²) in [7, 11) is 3.27. The van der Waals surface area contributed by atoms with Gasteiger partial charge in [-0.25, -0.2) is 0 Å². The van der Waals surface area contributed by atoms with Crippen LogP contribution in [0.5, 0.6) is 17.2 Å². The number of hydrogen-bond donors (Lipinski definition) is 0. The molecule has 3 aromatic carbocycles. The molecule has 1 aliphatic heterocycles. The third-order valence-electron chi connectivity index (χ3n) is 5.69. The van der Waals surface area contributed by atoms with Crippen molar-refractivity contribution in [2.75, 3.05) is 27.4 Å². The van der Waals surface area contributed by atoms with E-state index in [2.05, 4.69) is 12.1 Å². The molecule has 0 aliphatic carbocycles. The zero-order valence-corrected chi connectivity index (χ0v) is 18.1. The molecule has 3 aromatic rings. The van der Waals surface area contributed by atoms with Crippen molar-refractivity contribution in [1.82, 2.24) is 4.90 Å². The molecule has 0 radical (unpaired) electrons. The Bertz CT molecular complexity index is 1050. The summed E-state index contributed by atoms with van der Waals surface area (Å²) in [5, 5.41) is 0. The molecule has 1 atom stereocenters. The lowest BCUT2D eigenvalue weighted by atomic mass is 9.87. The van der Waals surface area contributed by atoms with Crippen molar-refractivity contribution >= 4 is 5.91 Å². The van der Waals surface area contributed by atoms with Gasteiger partial charge in [0.25, 0.3) is 5.91 Å². The molecule has 1 heterocycles. The van der Waals surface area contributed by atoms with Crippen LogP contribution in [0.2, 0.25) is 0 Å². The Morgan fingerprint density at radius 3 is 2.32 bits per heavy atom. The molecule has 1 aliphatic rings. The SMILES string of the molecule is COc1cc2c(cc1OC)C(c1ccccc1)N(C(=O)COc1ccc(C)cc1)CC2. The van der Waals surface area contributed by atoms with Crippen LogP contribution in [-0.2, 0) is 11.2 Å². The first-order chi connectivity index (χ1) is 15.1. The summed E-state index contributed by atoms with van der Waals surface area (Å²) in [6.45, 7) is 2.63. The minimum absolute atomic E-state index is 0.00494. The van der Waals surface area contributed by atoms with Crippen molar-refractivity contribution in [3.63, 3.8) is 0 Å². The number of aryl methyl sites for hydroxylation is 1. The summed E-state index contributed by atoms with van der Waals surface area (Å²) in [5.41, 5.74) is 4.42. The normalized spacial score (nSPS) is 15.2. The van der Waals surface area contributed by atoms with Gasteiger partial charge in [-0.3, -0.25) is 4.79 Å². The summed E-state index contributed by atoms with van der Waals surface area (Å²) < 4.78 is 16.8. The Hall–Kier alpha value is -3.47. The minimum Gasteiger partial charge on any atom is -0.493 e. The van der Waals surface area contributed by atoms with Gasteiger partial charge in [0.05, 0.1) is 20.3 Å². The topological polar surface area (TPSA) is 48.0 Å². The average Bonchev–Trinajstić information content (AvgIpc) is 2.82. The molecule has 4 rings (SSSR count). The number of nitrogens with zero attached hydrogens (tertiary/aromatic N) is 1. The number of amides is 1. The van der Waals surface area contributed by atoms with Crippen molar-refractivity contribution < 1.29 is 19.0 Å². The van der Waals surface area contributed by atoms with Crippen molar-refractivity contribution in [3.8, 4) is 17.2 Å². The van der Waals surface area contributed by atoms with Crippen molar-refractivity contribution in [3.05, 3.63) is 89.0 Å². The van der Waals surface area contributed by atoms with Crippen LogP contribution in [0.25, 0.3) is 0 Å². The minimum atomic E-state index is -0.209. The molecule has 1 unspecified atom stereocenters. The van der Waals surface area contributed by atoms with E-state index >= 15 is 0 Å². The largest absolute Gasteiger partial charge is 0.493 e. The van der Waals surface area contributed by atoms with E-state index in [1.165, 1.54) is 0 Å². The fraction of sp³-hybridized carbons (Fsp3) is 0.269. The summed E-state index contributed by atoms with van der Waals surface area (Å²) in [6, 6.07) is 21.6. The molecule has 1 amide bonds. The molecular formula is C26H27NO4. The van der Waals surface area contributed by atoms with Crippen LogP contribution in [0.1, 0.15) is 28.3 Å². The van der Waals surface area contributed by atoms with E-state index in [0.717, 1.165) is 28.7 Å². The molecule has 0 fully saturated rings. The Morgan fingerprint density at radius 2 is 1.65 bits per heavy atom. The predicted molar refractivity (Wildman–Crippen MR) is 120 cm³/mol. The van der Waals surface area contributed by atoms with E-state index in [4.69, 9.17) is 14.2 Å². The number of benzene rings is 3. The Balaban J connectivity index is 1.66. The quantitative estimate of drug-likeness (QED) is 0.590. The number of hydrogen-bond acceptors (Lipinski definition) is 4. The van der Waals surface area contributed by atoms with E-state index in [9.17, 15) is 4.79 Å². The zero-order valence-electron chi connectivity index (χ0n) is 18.1. The monoisotopic (exact) mass is 417 g/mol. The van der Waals surface area contributed by atoms with Gasteiger partial charge in [0.2, 0.25) is 0 Å². The third-order valence-corrected chi connectivity index (χ3v) is 5.69. The van der Waals surface area contributed by atoms with Crippen LogP contribution in [0, 0.1) is 6.92 Å². The van der Waals surface area contributed by atoms with Gasteiger partial charge in [-0.2, -0.15) is 0 Å². The standard InChI is InChI=1S/C26H27NO4/c1-18-9-11-21(12-10-18)31-17-25(28)27-14-13-20-15-23(29-2)24(30-3)16-22(20)26(27)19-7-5-4-6-8-19/h4-12,15-16,26H,13-14,17H2,1-3H3. The molecule has 0 saturated heterocycles.